The van der Waals surface area contributed by atoms with Gasteiger partial charge in [-0.2, -0.15) is 0 Å². The molecule has 3 heteroatoms. The lowest BCUT2D eigenvalue weighted by Gasteiger charge is -2.10. The molecule has 2 aromatic rings. The SMILES string of the molecule is CCc1ccccc1C(=O)Cc1ccc(OC)c(OC)c1. The van der Waals surface area contributed by atoms with Crippen molar-refractivity contribution in [2.45, 2.75) is 19.8 Å². The van der Waals surface area contributed by atoms with E-state index in [0.29, 0.717) is 17.9 Å². The van der Waals surface area contributed by atoms with Gasteiger partial charge in [0.05, 0.1) is 14.2 Å². The van der Waals surface area contributed by atoms with E-state index in [1.54, 1.807) is 14.2 Å². The number of methoxy groups -OCH3 is 2. The molecule has 0 spiro atoms. The highest BCUT2D eigenvalue weighted by molar-refractivity contribution is 5.98. The number of ketones is 1. The summed E-state index contributed by atoms with van der Waals surface area (Å²) in [6.45, 7) is 2.06. The van der Waals surface area contributed by atoms with E-state index in [-0.39, 0.29) is 5.78 Å². The number of carbonyl (C=O) groups excluding carboxylic acids is 1. The maximum absolute atomic E-state index is 12.5. The Morgan fingerprint density at radius 1 is 1.00 bits per heavy atom. The summed E-state index contributed by atoms with van der Waals surface area (Å²) in [6.07, 6.45) is 1.21. The monoisotopic (exact) mass is 284 g/mol. The molecule has 0 saturated carbocycles. The molecule has 0 aliphatic rings. The molecule has 0 radical (unpaired) electrons. The van der Waals surface area contributed by atoms with E-state index in [1.807, 2.05) is 42.5 Å². The quantitative estimate of drug-likeness (QED) is 0.759. The summed E-state index contributed by atoms with van der Waals surface area (Å²) in [4.78, 5) is 12.5. The molecule has 110 valence electrons. The Bertz CT molecular complexity index is 632. The average molecular weight is 284 g/mol. The Morgan fingerprint density at radius 3 is 2.38 bits per heavy atom. The van der Waals surface area contributed by atoms with Crippen LogP contribution in [0.1, 0.15) is 28.4 Å². The predicted molar refractivity (Wildman–Crippen MR) is 83.4 cm³/mol. The van der Waals surface area contributed by atoms with Crippen LogP contribution in [0.25, 0.3) is 0 Å². The van der Waals surface area contributed by atoms with E-state index in [1.165, 1.54) is 0 Å². The fourth-order valence-electron chi connectivity index (χ4n) is 2.37. The molecule has 2 rings (SSSR count). The van der Waals surface area contributed by atoms with Crippen LogP contribution in [-0.2, 0) is 12.8 Å². The van der Waals surface area contributed by atoms with Crippen LogP contribution in [0.4, 0.5) is 0 Å². The standard InChI is InChI=1S/C18H20O3/c1-4-14-7-5-6-8-15(14)16(19)11-13-9-10-17(20-2)18(12-13)21-3/h5-10,12H,4,11H2,1-3H3. The number of aryl methyl sites for hydroxylation is 1. The minimum Gasteiger partial charge on any atom is -0.493 e. The lowest BCUT2D eigenvalue weighted by atomic mass is 9.97. The minimum atomic E-state index is 0.125. The fraction of sp³-hybridized carbons (Fsp3) is 0.278. The van der Waals surface area contributed by atoms with Crippen LogP contribution in [0.3, 0.4) is 0 Å². The molecule has 0 heterocycles. The van der Waals surface area contributed by atoms with Crippen molar-refractivity contribution in [2.75, 3.05) is 14.2 Å². The summed E-state index contributed by atoms with van der Waals surface area (Å²) in [5.74, 6) is 1.44. The number of Topliss-reactive ketones (excluding diaryl/α,β-unsaturated/α-hetero) is 1. The summed E-state index contributed by atoms with van der Waals surface area (Å²) < 4.78 is 10.5. The van der Waals surface area contributed by atoms with Crippen molar-refractivity contribution in [2.24, 2.45) is 0 Å². The smallest absolute Gasteiger partial charge is 0.167 e. The molecule has 0 aliphatic heterocycles. The van der Waals surface area contributed by atoms with Crippen molar-refractivity contribution in [1.29, 1.82) is 0 Å². The van der Waals surface area contributed by atoms with E-state index >= 15 is 0 Å². The zero-order valence-electron chi connectivity index (χ0n) is 12.7. The molecular weight excluding hydrogens is 264 g/mol. The molecule has 2 aromatic carbocycles. The third kappa shape index (κ3) is 3.43. The Labute approximate surface area is 125 Å². The summed E-state index contributed by atoms with van der Waals surface area (Å²) >= 11 is 0. The zero-order chi connectivity index (χ0) is 15.2. The first-order valence-corrected chi connectivity index (χ1v) is 7.01. The fourth-order valence-corrected chi connectivity index (χ4v) is 2.37. The second-order valence-corrected chi connectivity index (χ2v) is 4.80. The highest BCUT2D eigenvalue weighted by atomic mass is 16.5. The van der Waals surface area contributed by atoms with E-state index in [4.69, 9.17) is 9.47 Å². The highest BCUT2D eigenvalue weighted by Crippen LogP contribution is 2.28. The lowest BCUT2D eigenvalue weighted by molar-refractivity contribution is 0.0992. The molecule has 0 aromatic heterocycles. The first-order valence-electron chi connectivity index (χ1n) is 7.01. The lowest BCUT2D eigenvalue weighted by Crippen LogP contribution is -2.07. The highest BCUT2D eigenvalue weighted by Gasteiger charge is 2.12. The normalized spacial score (nSPS) is 10.2. The van der Waals surface area contributed by atoms with Crippen LogP contribution in [0.15, 0.2) is 42.5 Å². The maximum atomic E-state index is 12.5. The van der Waals surface area contributed by atoms with Crippen LogP contribution >= 0.6 is 0 Å². The van der Waals surface area contributed by atoms with Crippen molar-refractivity contribution in [3.8, 4) is 11.5 Å². The van der Waals surface area contributed by atoms with Gasteiger partial charge in [-0.25, -0.2) is 0 Å². The first-order chi connectivity index (χ1) is 10.2. The molecule has 21 heavy (non-hydrogen) atoms. The maximum Gasteiger partial charge on any atom is 0.167 e. The molecule has 0 N–H and O–H groups in total. The van der Waals surface area contributed by atoms with Gasteiger partial charge in [0.25, 0.3) is 0 Å². The molecular formula is C18H20O3. The average Bonchev–Trinajstić information content (AvgIpc) is 2.54. The topological polar surface area (TPSA) is 35.5 Å². The van der Waals surface area contributed by atoms with E-state index in [9.17, 15) is 4.79 Å². The van der Waals surface area contributed by atoms with Gasteiger partial charge in [0.1, 0.15) is 0 Å². The van der Waals surface area contributed by atoms with Gasteiger partial charge >= 0.3 is 0 Å². The van der Waals surface area contributed by atoms with Crippen LogP contribution in [-0.4, -0.2) is 20.0 Å². The third-order valence-electron chi connectivity index (χ3n) is 3.51. The Kier molecular flexibility index (Phi) is 4.99. The summed E-state index contributed by atoms with van der Waals surface area (Å²) in [5, 5.41) is 0. The number of benzene rings is 2. The summed E-state index contributed by atoms with van der Waals surface area (Å²) in [6, 6.07) is 13.3. The van der Waals surface area contributed by atoms with Gasteiger partial charge in [0.15, 0.2) is 17.3 Å². The minimum absolute atomic E-state index is 0.125. The molecule has 0 unspecified atom stereocenters. The van der Waals surface area contributed by atoms with Crippen molar-refractivity contribution in [3.63, 3.8) is 0 Å². The van der Waals surface area contributed by atoms with Crippen LogP contribution in [0.5, 0.6) is 11.5 Å². The van der Waals surface area contributed by atoms with Gasteiger partial charge in [-0.05, 0) is 29.7 Å². The molecule has 0 bridgehead atoms. The molecule has 0 fully saturated rings. The molecule has 0 amide bonds. The summed E-state index contributed by atoms with van der Waals surface area (Å²) in [7, 11) is 3.19. The van der Waals surface area contributed by atoms with Gasteiger partial charge in [0, 0.05) is 12.0 Å². The molecule has 0 atom stereocenters. The largest absolute Gasteiger partial charge is 0.493 e. The second kappa shape index (κ2) is 6.93. The van der Waals surface area contributed by atoms with Crippen LogP contribution < -0.4 is 9.47 Å². The van der Waals surface area contributed by atoms with Gasteiger partial charge in [0.2, 0.25) is 0 Å². The number of carbonyl (C=O) groups is 1. The van der Waals surface area contributed by atoms with E-state index in [0.717, 1.165) is 23.1 Å². The Morgan fingerprint density at radius 2 is 1.71 bits per heavy atom. The number of ether oxygens (including phenoxy) is 2. The number of hydrogen-bond acceptors (Lipinski definition) is 3. The van der Waals surface area contributed by atoms with E-state index < -0.39 is 0 Å². The molecule has 0 saturated heterocycles. The number of rotatable bonds is 6. The molecule has 0 aliphatic carbocycles. The van der Waals surface area contributed by atoms with Crippen molar-refractivity contribution >= 4 is 5.78 Å². The van der Waals surface area contributed by atoms with E-state index in [2.05, 4.69) is 6.92 Å². The second-order valence-electron chi connectivity index (χ2n) is 4.80. The zero-order valence-corrected chi connectivity index (χ0v) is 12.7. The van der Waals surface area contributed by atoms with Crippen LogP contribution in [0.2, 0.25) is 0 Å². The third-order valence-corrected chi connectivity index (χ3v) is 3.51. The molecule has 3 nitrogen and oxygen atoms in total. The van der Waals surface area contributed by atoms with Gasteiger partial charge < -0.3 is 9.47 Å². The predicted octanol–water partition coefficient (Wildman–Crippen LogP) is 3.69. The van der Waals surface area contributed by atoms with Crippen LogP contribution in [0, 0.1) is 0 Å². The Balaban J connectivity index is 2.23. The van der Waals surface area contributed by atoms with Crippen molar-refractivity contribution in [3.05, 3.63) is 59.2 Å². The Hall–Kier alpha value is -2.29. The summed E-state index contributed by atoms with van der Waals surface area (Å²) in [5.41, 5.74) is 2.81. The number of hydrogen-bond donors (Lipinski definition) is 0. The van der Waals surface area contributed by atoms with Gasteiger partial charge in [-0.1, -0.05) is 37.3 Å². The first kappa shape index (κ1) is 15.1. The van der Waals surface area contributed by atoms with Crippen molar-refractivity contribution < 1.29 is 14.3 Å². The van der Waals surface area contributed by atoms with Gasteiger partial charge in [-0.3, -0.25) is 4.79 Å². The van der Waals surface area contributed by atoms with Gasteiger partial charge in [-0.15, -0.1) is 0 Å². The van der Waals surface area contributed by atoms with Crippen molar-refractivity contribution in [1.82, 2.24) is 0 Å².